The van der Waals surface area contributed by atoms with Crippen molar-refractivity contribution in [3.05, 3.63) is 45.9 Å². The third-order valence-electron chi connectivity index (χ3n) is 7.41. The maximum absolute atomic E-state index is 14.6. The number of carbonyl (C=O) groups is 2. The first kappa shape index (κ1) is 28.0. The van der Waals surface area contributed by atoms with Crippen LogP contribution in [0.1, 0.15) is 75.3 Å². The number of aliphatic hydroxyl groups excluding tert-OH is 1. The van der Waals surface area contributed by atoms with Crippen molar-refractivity contribution in [3.63, 3.8) is 0 Å². The molecule has 3 unspecified atom stereocenters. The van der Waals surface area contributed by atoms with Crippen LogP contribution < -0.4 is 4.74 Å². The number of likely N-dealkylation sites (tertiary alicyclic amines) is 1. The molecule has 2 aromatic rings. The summed E-state index contributed by atoms with van der Waals surface area (Å²) < 4.78 is 11.5. The molecule has 10 heteroatoms. The SMILES string of the molecule is CO/N=C/C1(C(=O)OC(C)(C)C)CC2(CO)CC2(c2nccs2)N1C(=O)c1ccc(C(C)(C)C)c(OC)c1. The van der Waals surface area contributed by atoms with E-state index in [0.29, 0.717) is 22.7 Å². The molecule has 1 N–H and O–H groups in total. The van der Waals surface area contributed by atoms with E-state index >= 15 is 0 Å². The molecule has 0 radical (unpaired) electrons. The van der Waals surface area contributed by atoms with Gasteiger partial charge >= 0.3 is 5.97 Å². The third kappa shape index (κ3) is 4.27. The molecule has 206 valence electrons. The van der Waals surface area contributed by atoms with Gasteiger partial charge in [-0.25, -0.2) is 9.78 Å². The Morgan fingerprint density at radius 2 is 1.89 bits per heavy atom. The third-order valence-corrected chi connectivity index (χ3v) is 8.33. The zero-order valence-electron chi connectivity index (χ0n) is 23.3. The first-order chi connectivity index (χ1) is 17.7. The topological polar surface area (TPSA) is 111 Å². The van der Waals surface area contributed by atoms with Gasteiger partial charge < -0.3 is 24.3 Å². The van der Waals surface area contributed by atoms with Crippen molar-refractivity contribution in [3.8, 4) is 5.75 Å². The molecule has 38 heavy (non-hydrogen) atoms. The first-order valence-electron chi connectivity index (χ1n) is 12.6. The van der Waals surface area contributed by atoms with Crippen LogP contribution in [-0.4, -0.2) is 65.0 Å². The fourth-order valence-corrected chi connectivity index (χ4v) is 6.68. The Labute approximate surface area is 227 Å². The monoisotopic (exact) mass is 543 g/mol. The summed E-state index contributed by atoms with van der Waals surface area (Å²) in [5.41, 5.74) is -3.20. The molecular weight excluding hydrogens is 506 g/mol. The number of oxime groups is 1. The Hall–Kier alpha value is -2.98. The molecule has 2 aliphatic rings. The van der Waals surface area contributed by atoms with Crippen molar-refractivity contribution in [2.75, 3.05) is 20.8 Å². The van der Waals surface area contributed by atoms with Gasteiger partial charge in [0.1, 0.15) is 29.0 Å². The van der Waals surface area contributed by atoms with Gasteiger partial charge in [0.05, 0.1) is 19.9 Å². The largest absolute Gasteiger partial charge is 0.496 e. The van der Waals surface area contributed by atoms with Crippen LogP contribution in [0.4, 0.5) is 0 Å². The number of ether oxygens (including phenoxy) is 2. The standard InChI is InChI=1S/C28H37N3O6S/c1-24(2,3)19-10-9-18(13-20(19)35-7)21(33)31-27(16-30-36-8,23(34)37-25(4,5)6)14-26(17-32)15-28(26,31)22-29-11-12-38-22/h9-13,16,32H,14-15,17H2,1-8H3/b30-16+. The van der Waals surface area contributed by atoms with Gasteiger partial charge in [0, 0.05) is 22.6 Å². The van der Waals surface area contributed by atoms with Crippen LogP contribution in [0.5, 0.6) is 5.75 Å². The second-order valence-corrected chi connectivity index (χ2v) is 13.0. The summed E-state index contributed by atoms with van der Waals surface area (Å²) in [6.07, 6.45) is 3.56. The van der Waals surface area contributed by atoms with Crippen molar-refractivity contribution in [1.29, 1.82) is 0 Å². The van der Waals surface area contributed by atoms with E-state index in [-0.39, 0.29) is 18.4 Å². The molecule has 0 bridgehead atoms. The summed E-state index contributed by atoms with van der Waals surface area (Å²) in [5, 5.41) is 17.1. The first-order valence-corrected chi connectivity index (χ1v) is 13.4. The van der Waals surface area contributed by atoms with Crippen molar-refractivity contribution in [2.24, 2.45) is 10.6 Å². The van der Waals surface area contributed by atoms with E-state index in [4.69, 9.17) is 14.3 Å². The van der Waals surface area contributed by atoms with Crippen molar-refractivity contribution >= 4 is 29.4 Å². The second kappa shape index (κ2) is 9.34. The quantitative estimate of drug-likeness (QED) is 0.315. The number of aliphatic hydroxyl groups is 1. The van der Waals surface area contributed by atoms with Gasteiger partial charge in [-0.1, -0.05) is 32.0 Å². The van der Waals surface area contributed by atoms with E-state index in [0.717, 1.165) is 5.56 Å². The van der Waals surface area contributed by atoms with Crippen LogP contribution in [0.3, 0.4) is 0 Å². The molecule has 9 nitrogen and oxygen atoms in total. The number of fused-ring (bicyclic) bond motifs is 1. The fraction of sp³-hybridized carbons (Fsp3) is 0.571. The van der Waals surface area contributed by atoms with Crippen LogP contribution >= 0.6 is 11.3 Å². The highest BCUT2D eigenvalue weighted by Gasteiger charge is 2.84. The number of nitrogens with zero attached hydrogens (tertiary/aromatic N) is 3. The smallest absolute Gasteiger partial charge is 0.338 e. The molecule has 0 spiro atoms. The van der Waals surface area contributed by atoms with Gasteiger partial charge in [-0.15, -0.1) is 11.3 Å². The van der Waals surface area contributed by atoms with Gasteiger partial charge in [-0.05, 0) is 56.7 Å². The maximum atomic E-state index is 14.6. The lowest BCUT2D eigenvalue weighted by Crippen LogP contribution is -2.60. The number of esters is 1. The summed E-state index contributed by atoms with van der Waals surface area (Å²) >= 11 is 1.39. The summed E-state index contributed by atoms with van der Waals surface area (Å²) in [4.78, 5) is 39.6. The van der Waals surface area contributed by atoms with E-state index < -0.39 is 34.0 Å². The highest BCUT2D eigenvalue weighted by Crippen LogP contribution is 2.76. The highest BCUT2D eigenvalue weighted by molar-refractivity contribution is 7.09. The maximum Gasteiger partial charge on any atom is 0.338 e. The number of amides is 1. The Morgan fingerprint density at radius 3 is 2.42 bits per heavy atom. The lowest BCUT2D eigenvalue weighted by molar-refractivity contribution is -0.164. The van der Waals surface area contributed by atoms with Crippen molar-refractivity contribution in [2.45, 2.75) is 76.5 Å². The molecule has 1 saturated heterocycles. The molecule has 4 rings (SSSR count). The fourth-order valence-electron chi connectivity index (χ4n) is 5.73. The normalized spacial score (nSPS) is 26.8. The number of aromatic nitrogens is 1. The predicted octanol–water partition coefficient (Wildman–Crippen LogP) is 4.29. The van der Waals surface area contributed by atoms with Crippen LogP contribution in [-0.2, 0) is 25.3 Å². The Morgan fingerprint density at radius 1 is 1.18 bits per heavy atom. The molecule has 1 saturated carbocycles. The van der Waals surface area contributed by atoms with Gasteiger partial charge in [0.15, 0.2) is 5.54 Å². The minimum atomic E-state index is -1.64. The molecule has 2 fully saturated rings. The van der Waals surface area contributed by atoms with Crippen molar-refractivity contribution in [1.82, 2.24) is 9.88 Å². The number of rotatable bonds is 7. The summed E-state index contributed by atoms with van der Waals surface area (Å²) in [7, 11) is 2.94. The molecule has 1 aromatic heterocycles. The van der Waals surface area contributed by atoms with Crippen LogP contribution in [0.15, 0.2) is 34.9 Å². The minimum Gasteiger partial charge on any atom is -0.496 e. The molecule has 2 heterocycles. The number of methoxy groups -OCH3 is 1. The Bertz CT molecular complexity index is 1250. The lowest BCUT2D eigenvalue weighted by atomic mass is 9.85. The lowest BCUT2D eigenvalue weighted by Gasteiger charge is -2.40. The molecular formula is C28H37N3O6S. The highest BCUT2D eigenvalue weighted by atomic mass is 32.1. The second-order valence-electron chi connectivity index (χ2n) is 12.1. The van der Waals surface area contributed by atoms with E-state index in [2.05, 4.69) is 30.9 Å². The van der Waals surface area contributed by atoms with E-state index in [9.17, 15) is 14.7 Å². The van der Waals surface area contributed by atoms with Crippen LogP contribution in [0.25, 0.3) is 0 Å². The number of hydrogen-bond donors (Lipinski definition) is 1. The summed E-state index contributed by atoms with van der Waals surface area (Å²) in [6, 6.07) is 5.32. The van der Waals surface area contributed by atoms with Gasteiger partial charge in [0.2, 0.25) is 0 Å². The molecule has 1 aliphatic carbocycles. The van der Waals surface area contributed by atoms with Gasteiger partial charge in [-0.2, -0.15) is 0 Å². The number of carbonyl (C=O) groups excluding carboxylic acids is 2. The number of piperidine rings is 1. The summed E-state index contributed by atoms with van der Waals surface area (Å²) in [5.74, 6) is -0.489. The molecule has 1 aliphatic heterocycles. The zero-order valence-corrected chi connectivity index (χ0v) is 24.1. The zero-order chi connectivity index (χ0) is 28.1. The number of hydrogen-bond acceptors (Lipinski definition) is 9. The van der Waals surface area contributed by atoms with E-state index in [1.807, 2.05) is 11.4 Å². The molecule has 1 aromatic carbocycles. The van der Waals surface area contributed by atoms with Crippen LogP contribution in [0, 0.1) is 5.41 Å². The van der Waals surface area contributed by atoms with E-state index in [1.54, 1.807) is 46.2 Å². The van der Waals surface area contributed by atoms with Gasteiger partial charge in [-0.3, -0.25) is 4.79 Å². The average molecular weight is 544 g/mol. The van der Waals surface area contributed by atoms with Crippen molar-refractivity contribution < 1.29 is 29.0 Å². The van der Waals surface area contributed by atoms with E-state index in [1.165, 1.54) is 29.6 Å². The Kier molecular flexibility index (Phi) is 6.89. The number of thiazole rings is 1. The van der Waals surface area contributed by atoms with Gasteiger partial charge in [0.25, 0.3) is 5.91 Å². The minimum absolute atomic E-state index is 0.112. The molecule has 3 atom stereocenters. The number of benzene rings is 1. The van der Waals surface area contributed by atoms with Crippen LogP contribution in [0.2, 0.25) is 0 Å². The Balaban J connectivity index is 1.95. The summed E-state index contributed by atoms with van der Waals surface area (Å²) in [6.45, 7) is 11.3. The average Bonchev–Trinajstić information content (AvgIpc) is 3.15. The predicted molar refractivity (Wildman–Crippen MR) is 144 cm³/mol. The molecule has 1 amide bonds.